The Morgan fingerprint density at radius 1 is 0.806 bits per heavy atom. The van der Waals surface area contributed by atoms with Crippen LogP contribution in [0.4, 0.5) is 11.4 Å². The largest absolute Gasteiger partial charge is 0.290 e. The molecule has 31 heavy (non-hydrogen) atoms. The molecule has 0 aliphatic heterocycles. The summed E-state index contributed by atoms with van der Waals surface area (Å²) in [6, 6.07) is 20.9. The van der Waals surface area contributed by atoms with Crippen molar-refractivity contribution in [2.75, 3.05) is 0 Å². The maximum atomic E-state index is 11.5. The van der Waals surface area contributed by atoms with Crippen molar-refractivity contribution in [2.45, 2.75) is 10.1 Å². The van der Waals surface area contributed by atoms with E-state index in [4.69, 9.17) is 0 Å². The predicted molar refractivity (Wildman–Crippen MR) is 114 cm³/mol. The Bertz CT molecular complexity index is 1480. The third kappa shape index (κ3) is 3.07. The minimum absolute atomic E-state index is 0.237. The van der Waals surface area contributed by atoms with Crippen LogP contribution in [0.3, 0.4) is 0 Å². The molecule has 2 heterocycles. The zero-order valence-corrected chi connectivity index (χ0v) is 16.5. The van der Waals surface area contributed by atoms with Gasteiger partial charge in [0.15, 0.2) is 0 Å². The molecule has 152 valence electrons. The van der Waals surface area contributed by atoms with Crippen LogP contribution < -0.4 is 0 Å². The summed E-state index contributed by atoms with van der Waals surface area (Å²) in [6.45, 7) is 0. The van der Waals surface area contributed by atoms with Crippen LogP contribution >= 0.6 is 11.8 Å². The fourth-order valence-electron chi connectivity index (χ4n) is 3.41. The van der Waals surface area contributed by atoms with Crippen molar-refractivity contribution < 1.29 is 9.85 Å². The lowest BCUT2D eigenvalue weighted by Crippen LogP contribution is -1.95. The van der Waals surface area contributed by atoms with Crippen molar-refractivity contribution in [1.82, 2.24) is 19.2 Å². The van der Waals surface area contributed by atoms with Crippen LogP contribution in [0.1, 0.15) is 0 Å². The summed E-state index contributed by atoms with van der Waals surface area (Å²) in [6.07, 6.45) is 0. The molecule has 0 bridgehead atoms. The van der Waals surface area contributed by atoms with Crippen LogP contribution in [0, 0.1) is 20.2 Å². The molecule has 0 unspecified atom stereocenters. The lowest BCUT2D eigenvalue weighted by atomic mass is 10.3. The third-order valence-electron chi connectivity index (χ3n) is 4.75. The number of hydrogen-bond donors (Lipinski definition) is 0. The molecule has 0 amide bonds. The van der Waals surface area contributed by atoms with Crippen LogP contribution in [0.2, 0.25) is 0 Å². The number of fused-ring (bicyclic) bond motifs is 3. The van der Waals surface area contributed by atoms with Gasteiger partial charge in [-0.25, -0.2) is 0 Å². The van der Waals surface area contributed by atoms with E-state index in [1.54, 1.807) is 0 Å². The van der Waals surface area contributed by atoms with E-state index >= 15 is 0 Å². The second kappa shape index (κ2) is 7.22. The molecule has 0 spiro atoms. The SMILES string of the molecule is O=[N+]([O-])c1ccc(Sc2nnc3n(-c4ccccc4)c4ccccc4n23)c([N+](=O)[O-])c1. The molecule has 0 fully saturated rings. The molecule has 0 radical (unpaired) electrons. The summed E-state index contributed by atoms with van der Waals surface area (Å²) >= 11 is 1.03. The Hall–Kier alpha value is -4.25. The molecule has 5 aromatic rings. The average molecular weight is 432 g/mol. The summed E-state index contributed by atoms with van der Waals surface area (Å²) in [5, 5.41) is 31.5. The van der Waals surface area contributed by atoms with Crippen molar-refractivity contribution in [3.63, 3.8) is 0 Å². The fraction of sp³-hybridized carbons (Fsp3) is 0. The molecule has 3 aromatic carbocycles. The van der Waals surface area contributed by atoms with Crippen LogP contribution in [0.15, 0.2) is 82.8 Å². The van der Waals surface area contributed by atoms with Gasteiger partial charge in [-0.2, -0.15) is 0 Å². The van der Waals surface area contributed by atoms with Crippen molar-refractivity contribution >= 4 is 39.9 Å². The van der Waals surface area contributed by atoms with Crippen LogP contribution in [-0.2, 0) is 0 Å². The van der Waals surface area contributed by atoms with Crippen molar-refractivity contribution in [1.29, 1.82) is 0 Å². The number of nitro groups is 2. The molecule has 10 nitrogen and oxygen atoms in total. The highest BCUT2D eigenvalue weighted by Gasteiger charge is 2.24. The zero-order chi connectivity index (χ0) is 21.5. The summed E-state index contributed by atoms with van der Waals surface area (Å²) < 4.78 is 3.77. The fourth-order valence-corrected chi connectivity index (χ4v) is 4.34. The molecule has 0 atom stereocenters. The lowest BCUT2D eigenvalue weighted by Gasteiger charge is -2.03. The highest BCUT2D eigenvalue weighted by molar-refractivity contribution is 7.99. The van der Waals surface area contributed by atoms with Gasteiger partial charge in [-0.3, -0.25) is 29.2 Å². The number of para-hydroxylation sites is 3. The first-order valence-corrected chi connectivity index (χ1v) is 9.87. The molecule has 0 saturated carbocycles. The summed E-state index contributed by atoms with van der Waals surface area (Å²) in [7, 11) is 0. The average Bonchev–Trinajstić information content (AvgIpc) is 3.32. The topological polar surface area (TPSA) is 121 Å². The minimum Gasteiger partial charge on any atom is -0.277 e. The molecular formula is C20H12N6O4S. The minimum atomic E-state index is -0.662. The van der Waals surface area contributed by atoms with Gasteiger partial charge in [-0.05, 0) is 42.1 Å². The molecule has 5 rings (SSSR count). The van der Waals surface area contributed by atoms with E-state index in [2.05, 4.69) is 10.2 Å². The monoisotopic (exact) mass is 432 g/mol. The van der Waals surface area contributed by atoms with Gasteiger partial charge in [-0.1, -0.05) is 30.3 Å². The van der Waals surface area contributed by atoms with E-state index in [9.17, 15) is 20.2 Å². The quantitative estimate of drug-likeness (QED) is 0.293. The van der Waals surface area contributed by atoms with Crippen molar-refractivity contribution in [2.24, 2.45) is 0 Å². The molecular weight excluding hydrogens is 420 g/mol. The Labute approximate surface area is 178 Å². The second-order valence-corrected chi connectivity index (χ2v) is 7.56. The summed E-state index contributed by atoms with van der Waals surface area (Å²) in [5.74, 6) is 0.555. The van der Waals surface area contributed by atoms with Crippen molar-refractivity contribution in [3.8, 4) is 5.69 Å². The van der Waals surface area contributed by atoms with Gasteiger partial charge in [-0.15, -0.1) is 10.2 Å². The molecule has 0 N–H and O–H groups in total. The molecule has 11 heteroatoms. The number of hydrogen-bond acceptors (Lipinski definition) is 7. The van der Waals surface area contributed by atoms with E-state index < -0.39 is 9.85 Å². The first-order valence-electron chi connectivity index (χ1n) is 9.05. The second-order valence-electron chi connectivity index (χ2n) is 6.55. The first-order chi connectivity index (χ1) is 15.0. The Morgan fingerprint density at radius 2 is 1.52 bits per heavy atom. The lowest BCUT2D eigenvalue weighted by molar-refractivity contribution is -0.396. The Balaban J connectivity index is 1.70. The normalized spacial score (nSPS) is 11.2. The van der Waals surface area contributed by atoms with Crippen LogP contribution in [0.5, 0.6) is 0 Å². The molecule has 2 aromatic heterocycles. The van der Waals surface area contributed by atoms with Crippen molar-refractivity contribution in [3.05, 3.63) is 93.0 Å². The predicted octanol–water partition coefficient (Wildman–Crippen LogP) is 4.64. The van der Waals surface area contributed by atoms with E-state index in [1.165, 1.54) is 12.1 Å². The number of benzene rings is 3. The van der Waals surface area contributed by atoms with Gasteiger partial charge in [0.25, 0.3) is 11.4 Å². The number of nitrogens with zero attached hydrogens (tertiary/aromatic N) is 6. The van der Waals surface area contributed by atoms with Gasteiger partial charge in [0.05, 0.1) is 31.8 Å². The maximum Gasteiger partial charge on any atom is 0.290 e. The van der Waals surface area contributed by atoms with E-state index in [1.807, 2.05) is 63.6 Å². The van der Waals surface area contributed by atoms with Gasteiger partial charge in [0.2, 0.25) is 10.9 Å². The summed E-state index contributed by atoms with van der Waals surface area (Å²) in [4.78, 5) is 21.5. The number of aromatic nitrogens is 4. The Morgan fingerprint density at radius 3 is 2.23 bits per heavy atom. The molecule has 0 saturated heterocycles. The van der Waals surface area contributed by atoms with Gasteiger partial charge < -0.3 is 0 Å². The number of nitro benzene ring substituents is 2. The number of rotatable bonds is 5. The van der Waals surface area contributed by atoms with E-state index in [-0.39, 0.29) is 16.3 Å². The smallest absolute Gasteiger partial charge is 0.277 e. The maximum absolute atomic E-state index is 11.5. The summed E-state index contributed by atoms with van der Waals surface area (Å²) in [5.41, 5.74) is 1.93. The highest BCUT2D eigenvalue weighted by Crippen LogP contribution is 2.38. The number of imidazole rings is 1. The van der Waals surface area contributed by atoms with Gasteiger partial charge in [0.1, 0.15) is 0 Å². The highest BCUT2D eigenvalue weighted by atomic mass is 32.2. The zero-order valence-electron chi connectivity index (χ0n) is 15.7. The van der Waals surface area contributed by atoms with Crippen LogP contribution in [-0.4, -0.2) is 29.0 Å². The molecule has 0 aliphatic carbocycles. The standard InChI is InChI=1S/C20H12N6O4S/c27-25(28)14-10-11-18(17(12-14)26(29)30)31-20-22-21-19-23(13-6-2-1-3-7-13)15-8-4-5-9-16(15)24(19)20/h1-12H. The van der Waals surface area contributed by atoms with Gasteiger partial charge >= 0.3 is 0 Å². The number of non-ortho nitro benzene ring substituents is 1. The van der Waals surface area contributed by atoms with Crippen LogP contribution in [0.25, 0.3) is 22.5 Å². The third-order valence-corrected chi connectivity index (χ3v) is 5.76. The first kappa shape index (κ1) is 18.8. The molecule has 0 aliphatic rings. The Kier molecular flexibility index (Phi) is 4.37. The van der Waals surface area contributed by atoms with E-state index in [0.29, 0.717) is 10.9 Å². The van der Waals surface area contributed by atoms with Gasteiger partial charge in [0, 0.05) is 11.8 Å². The van der Waals surface area contributed by atoms with E-state index in [0.717, 1.165) is 34.5 Å².